The summed E-state index contributed by atoms with van der Waals surface area (Å²) in [6.45, 7) is 8.25. The highest BCUT2D eigenvalue weighted by molar-refractivity contribution is 5.90. The van der Waals surface area contributed by atoms with Gasteiger partial charge in [0.05, 0.1) is 18.5 Å². The van der Waals surface area contributed by atoms with Gasteiger partial charge in [0, 0.05) is 37.9 Å². The van der Waals surface area contributed by atoms with E-state index in [0.717, 1.165) is 61.6 Å². The third kappa shape index (κ3) is 5.55. The number of carboxylic acids is 1. The standard InChI is InChI=1S/C32H34N4O5/c1-3-40-31-27(32(37)38)17-33-36(31)29-9-5-8-28(34-29)26-7-4-6-21(2)30(26)41-20-22-10-11-23-18-35(19-24(23)16-22)25-12-14-39-15-13-25/h4-11,16-17,25H,3,12-15,18-20H2,1-2H3,(H,37,38). The van der Waals surface area contributed by atoms with E-state index in [4.69, 9.17) is 19.2 Å². The Labute approximate surface area is 239 Å². The Bertz CT molecular complexity index is 1560. The molecule has 0 spiro atoms. The van der Waals surface area contributed by atoms with E-state index < -0.39 is 5.97 Å². The number of carboxylic acid groups (broad SMARTS) is 1. The number of nitrogens with zero attached hydrogens (tertiary/aromatic N) is 4. The molecule has 6 rings (SSSR count). The molecule has 0 unspecified atom stereocenters. The molecular weight excluding hydrogens is 520 g/mol. The lowest BCUT2D eigenvalue weighted by Crippen LogP contribution is -2.35. The third-order valence-corrected chi connectivity index (χ3v) is 7.78. The second-order valence-electron chi connectivity index (χ2n) is 10.5. The molecule has 9 nitrogen and oxygen atoms in total. The first-order valence-corrected chi connectivity index (χ1v) is 14.1. The lowest BCUT2D eigenvalue weighted by molar-refractivity contribution is 0.0326. The summed E-state index contributed by atoms with van der Waals surface area (Å²) in [6.07, 6.45) is 3.48. The molecule has 1 saturated heterocycles. The number of aryl methyl sites for hydroxylation is 1. The van der Waals surface area contributed by atoms with Crippen molar-refractivity contribution >= 4 is 5.97 Å². The molecule has 2 aliphatic heterocycles. The predicted molar refractivity (Wildman–Crippen MR) is 154 cm³/mol. The van der Waals surface area contributed by atoms with Gasteiger partial charge in [-0.15, -0.1) is 0 Å². The van der Waals surface area contributed by atoms with Crippen molar-refractivity contribution in [3.05, 3.63) is 88.6 Å². The summed E-state index contributed by atoms with van der Waals surface area (Å²) in [5, 5.41) is 13.8. The molecule has 212 valence electrons. The molecule has 1 N–H and O–H groups in total. The lowest BCUT2D eigenvalue weighted by Gasteiger charge is -2.30. The molecule has 2 aliphatic rings. The molecular formula is C32H34N4O5. The Hall–Kier alpha value is -4.21. The number of aromatic nitrogens is 3. The number of pyridine rings is 1. The first-order chi connectivity index (χ1) is 20.0. The summed E-state index contributed by atoms with van der Waals surface area (Å²) in [5.41, 5.74) is 6.44. The number of hydrogen-bond acceptors (Lipinski definition) is 7. The van der Waals surface area contributed by atoms with Crippen molar-refractivity contribution in [2.24, 2.45) is 0 Å². The van der Waals surface area contributed by atoms with Crippen LogP contribution in [0.4, 0.5) is 0 Å². The Morgan fingerprint density at radius 1 is 1.05 bits per heavy atom. The van der Waals surface area contributed by atoms with Gasteiger partial charge in [-0.1, -0.05) is 36.4 Å². The van der Waals surface area contributed by atoms with E-state index in [0.29, 0.717) is 30.8 Å². The van der Waals surface area contributed by atoms with Crippen molar-refractivity contribution in [3.63, 3.8) is 0 Å². The smallest absolute Gasteiger partial charge is 0.342 e. The van der Waals surface area contributed by atoms with Gasteiger partial charge in [0.1, 0.15) is 17.9 Å². The Kier molecular flexibility index (Phi) is 7.71. The van der Waals surface area contributed by atoms with Crippen LogP contribution in [0.2, 0.25) is 0 Å². The maximum Gasteiger partial charge on any atom is 0.342 e. The second kappa shape index (κ2) is 11.7. The fourth-order valence-electron chi connectivity index (χ4n) is 5.69. The molecule has 4 aromatic rings. The summed E-state index contributed by atoms with van der Waals surface area (Å²) in [6, 6.07) is 18.8. The quantitative estimate of drug-likeness (QED) is 0.293. The largest absolute Gasteiger partial charge is 0.488 e. The van der Waals surface area contributed by atoms with Crippen LogP contribution < -0.4 is 9.47 Å². The average Bonchev–Trinajstić information content (AvgIpc) is 3.62. The number of aromatic carboxylic acids is 1. The molecule has 0 radical (unpaired) electrons. The maximum atomic E-state index is 11.7. The number of carbonyl (C=O) groups is 1. The van der Waals surface area contributed by atoms with E-state index >= 15 is 0 Å². The van der Waals surface area contributed by atoms with Crippen LogP contribution in [-0.2, 0) is 24.4 Å². The molecule has 9 heteroatoms. The molecule has 4 heterocycles. The number of fused-ring (bicyclic) bond motifs is 1. The third-order valence-electron chi connectivity index (χ3n) is 7.78. The zero-order valence-electron chi connectivity index (χ0n) is 23.4. The zero-order chi connectivity index (χ0) is 28.3. The summed E-state index contributed by atoms with van der Waals surface area (Å²) in [4.78, 5) is 19.1. The van der Waals surface area contributed by atoms with Crippen LogP contribution >= 0.6 is 0 Å². The van der Waals surface area contributed by atoms with Gasteiger partial charge in [0.2, 0.25) is 5.88 Å². The van der Waals surface area contributed by atoms with Crippen molar-refractivity contribution in [1.29, 1.82) is 0 Å². The van der Waals surface area contributed by atoms with Crippen LogP contribution in [0.5, 0.6) is 11.6 Å². The average molecular weight is 555 g/mol. The molecule has 0 bridgehead atoms. The van der Waals surface area contributed by atoms with Crippen molar-refractivity contribution in [1.82, 2.24) is 19.7 Å². The molecule has 0 saturated carbocycles. The topological polar surface area (TPSA) is 98.9 Å². The maximum absolute atomic E-state index is 11.7. The Morgan fingerprint density at radius 2 is 1.85 bits per heavy atom. The minimum Gasteiger partial charge on any atom is -0.488 e. The van der Waals surface area contributed by atoms with E-state index in [-0.39, 0.29) is 11.4 Å². The molecule has 2 aromatic heterocycles. The predicted octanol–water partition coefficient (Wildman–Crippen LogP) is 5.41. The second-order valence-corrected chi connectivity index (χ2v) is 10.5. The van der Waals surface area contributed by atoms with Gasteiger partial charge in [0.15, 0.2) is 5.82 Å². The number of rotatable bonds is 9. The summed E-state index contributed by atoms with van der Waals surface area (Å²) in [5.74, 6) is 0.266. The van der Waals surface area contributed by atoms with E-state index in [1.54, 1.807) is 13.0 Å². The Balaban J connectivity index is 1.23. The van der Waals surface area contributed by atoms with Crippen molar-refractivity contribution < 1.29 is 24.1 Å². The van der Waals surface area contributed by atoms with Gasteiger partial charge in [-0.2, -0.15) is 9.78 Å². The van der Waals surface area contributed by atoms with E-state index in [9.17, 15) is 9.90 Å². The summed E-state index contributed by atoms with van der Waals surface area (Å²) < 4.78 is 19.1. The monoisotopic (exact) mass is 554 g/mol. The first-order valence-electron chi connectivity index (χ1n) is 14.1. The van der Waals surface area contributed by atoms with Gasteiger partial charge in [-0.05, 0) is 67.1 Å². The highest BCUT2D eigenvalue weighted by atomic mass is 16.5. The fourth-order valence-corrected chi connectivity index (χ4v) is 5.69. The van der Waals surface area contributed by atoms with Crippen LogP contribution in [0, 0.1) is 6.92 Å². The van der Waals surface area contributed by atoms with Crippen LogP contribution in [0.15, 0.2) is 60.8 Å². The highest BCUT2D eigenvalue weighted by Gasteiger charge is 2.27. The number of hydrogen-bond donors (Lipinski definition) is 1. The minimum absolute atomic E-state index is 0.0103. The van der Waals surface area contributed by atoms with Crippen LogP contribution in [-0.4, -0.2) is 56.6 Å². The number of benzene rings is 2. The SMILES string of the molecule is CCOc1c(C(=O)O)cnn1-c1cccc(-c2cccc(C)c2OCc2ccc3c(c2)CN(C2CCOCC2)C3)n1. The van der Waals surface area contributed by atoms with E-state index in [1.165, 1.54) is 22.0 Å². The highest BCUT2D eigenvalue weighted by Crippen LogP contribution is 2.34. The van der Waals surface area contributed by atoms with Gasteiger partial charge in [-0.3, -0.25) is 4.90 Å². The van der Waals surface area contributed by atoms with Gasteiger partial charge in [-0.25, -0.2) is 9.78 Å². The van der Waals surface area contributed by atoms with Crippen LogP contribution in [0.1, 0.15) is 52.4 Å². The zero-order valence-corrected chi connectivity index (χ0v) is 23.4. The van der Waals surface area contributed by atoms with E-state index in [1.807, 2.05) is 37.3 Å². The fraction of sp³-hybridized carbons (Fsp3) is 0.344. The normalized spacial score (nSPS) is 15.6. The molecule has 0 atom stereocenters. The van der Waals surface area contributed by atoms with Crippen molar-refractivity contribution in [2.45, 2.75) is 52.4 Å². The Morgan fingerprint density at radius 3 is 2.66 bits per heavy atom. The molecule has 0 aliphatic carbocycles. The van der Waals surface area contributed by atoms with Crippen molar-refractivity contribution in [2.75, 3.05) is 19.8 Å². The van der Waals surface area contributed by atoms with E-state index in [2.05, 4.69) is 28.2 Å². The van der Waals surface area contributed by atoms with Gasteiger partial charge >= 0.3 is 5.97 Å². The number of para-hydroxylation sites is 1. The minimum atomic E-state index is -1.10. The van der Waals surface area contributed by atoms with Crippen LogP contribution in [0.3, 0.4) is 0 Å². The summed E-state index contributed by atoms with van der Waals surface area (Å²) in [7, 11) is 0. The lowest BCUT2D eigenvalue weighted by atomic mass is 10.1. The first kappa shape index (κ1) is 27.0. The molecule has 0 amide bonds. The molecule has 2 aromatic carbocycles. The van der Waals surface area contributed by atoms with Gasteiger partial charge < -0.3 is 19.3 Å². The number of ether oxygens (including phenoxy) is 3. The van der Waals surface area contributed by atoms with Gasteiger partial charge in [0.25, 0.3) is 0 Å². The molecule has 1 fully saturated rings. The molecule has 41 heavy (non-hydrogen) atoms. The van der Waals surface area contributed by atoms with Crippen molar-refractivity contribution in [3.8, 4) is 28.7 Å². The summed E-state index contributed by atoms with van der Waals surface area (Å²) >= 11 is 0. The van der Waals surface area contributed by atoms with Crippen LogP contribution in [0.25, 0.3) is 17.1 Å².